The summed E-state index contributed by atoms with van der Waals surface area (Å²) in [4.78, 5) is 21.6. The molecule has 2 atom stereocenters. The molecule has 0 aromatic carbocycles. The first-order valence-corrected chi connectivity index (χ1v) is 6.02. The Morgan fingerprint density at radius 2 is 2.44 bits per heavy atom. The third-order valence-electron chi connectivity index (χ3n) is 3.18. The molecule has 0 aliphatic heterocycles. The Bertz CT molecular complexity index is 457. The highest BCUT2D eigenvalue weighted by atomic mass is 16.6. The highest BCUT2D eigenvalue weighted by Crippen LogP contribution is 2.24. The van der Waals surface area contributed by atoms with Gasteiger partial charge in [0.25, 0.3) is 0 Å². The van der Waals surface area contributed by atoms with Crippen molar-refractivity contribution in [3.63, 3.8) is 0 Å². The fraction of sp³-hybridized carbons (Fsp3) is 0.636. The summed E-state index contributed by atoms with van der Waals surface area (Å²) >= 11 is 0. The molecule has 18 heavy (non-hydrogen) atoms. The third-order valence-corrected chi connectivity index (χ3v) is 3.18. The Morgan fingerprint density at radius 3 is 3.00 bits per heavy atom. The van der Waals surface area contributed by atoms with Gasteiger partial charge < -0.3 is 15.4 Å². The summed E-state index contributed by atoms with van der Waals surface area (Å²) in [6.45, 7) is 2.20. The van der Waals surface area contributed by atoms with Crippen LogP contribution in [-0.4, -0.2) is 26.7 Å². The van der Waals surface area contributed by atoms with Crippen molar-refractivity contribution in [3.05, 3.63) is 22.4 Å². The fourth-order valence-electron chi connectivity index (χ4n) is 2.30. The molecule has 0 saturated heterocycles. The average molecular weight is 252 g/mol. The molecule has 0 radical (unpaired) electrons. The number of hydrogen-bond donors (Lipinski definition) is 1. The van der Waals surface area contributed by atoms with Crippen LogP contribution >= 0.6 is 0 Å². The number of amides is 1. The van der Waals surface area contributed by atoms with Gasteiger partial charge in [-0.05, 0) is 30.1 Å². The summed E-state index contributed by atoms with van der Waals surface area (Å²) in [6, 6.07) is 1.52. The number of carbonyl (C=O) groups is 1. The molecule has 1 N–H and O–H groups in total. The van der Waals surface area contributed by atoms with E-state index in [1.807, 2.05) is 0 Å². The van der Waals surface area contributed by atoms with Gasteiger partial charge >= 0.3 is 5.82 Å². The second-order valence-electron chi connectivity index (χ2n) is 4.81. The molecule has 2 unspecified atom stereocenters. The van der Waals surface area contributed by atoms with Crippen molar-refractivity contribution < 1.29 is 9.72 Å². The predicted octanol–water partition coefficient (Wildman–Crippen LogP) is 1.10. The molecular formula is C11H16N4O3. The Kier molecular flexibility index (Phi) is 3.59. The predicted molar refractivity (Wildman–Crippen MR) is 63.8 cm³/mol. The van der Waals surface area contributed by atoms with E-state index in [4.69, 9.17) is 0 Å². The standard InChI is InChI=1S/C11H16N4O3/c1-8-2-3-9(6-8)12-11(16)7-14-5-4-10(13-14)15(17)18/h4-5,8-9H,2-3,6-7H2,1H3,(H,12,16). The largest absolute Gasteiger partial charge is 0.389 e. The lowest BCUT2D eigenvalue weighted by molar-refractivity contribution is -0.389. The maximum absolute atomic E-state index is 11.7. The van der Waals surface area contributed by atoms with Crippen LogP contribution in [0.3, 0.4) is 0 Å². The van der Waals surface area contributed by atoms with E-state index in [1.54, 1.807) is 0 Å². The maximum atomic E-state index is 11.7. The van der Waals surface area contributed by atoms with Gasteiger partial charge in [-0.25, -0.2) is 0 Å². The number of nitro groups is 1. The van der Waals surface area contributed by atoms with Crippen LogP contribution in [0.25, 0.3) is 0 Å². The number of nitrogens with one attached hydrogen (secondary N) is 1. The van der Waals surface area contributed by atoms with Crippen molar-refractivity contribution >= 4 is 11.7 Å². The molecule has 1 heterocycles. The second-order valence-corrected chi connectivity index (χ2v) is 4.81. The van der Waals surface area contributed by atoms with E-state index in [-0.39, 0.29) is 24.3 Å². The Labute approximate surface area is 104 Å². The van der Waals surface area contributed by atoms with E-state index in [1.165, 1.54) is 16.9 Å². The van der Waals surface area contributed by atoms with Gasteiger partial charge in [-0.1, -0.05) is 6.92 Å². The van der Waals surface area contributed by atoms with Gasteiger partial charge in [-0.2, -0.15) is 4.68 Å². The minimum absolute atomic E-state index is 0.0265. The normalized spacial score (nSPS) is 22.9. The van der Waals surface area contributed by atoms with E-state index in [0.717, 1.165) is 19.3 Å². The molecule has 1 aliphatic rings. The van der Waals surface area contributed by atoms with Crippen LogP contribution in [0.1, 0.15) is 26.2 Å². The van der Waals surface area contributed by atoms with Gasteiger partial charge in [-0.15, -0.1) is 0 Å². The molecule has 2 rings (SSSR count). The van der Waals surface area contributed by atoms with Crippen molar-refractivity contribution in [1.82, 2.24) is 15.1 Å². The third kappa shape index (κ3) is 3.06. The highest BCUT2D eigenvalue weighted by Gasteiger charge is 2.23. The summed E-state index contributed by atoms with van der Waals surface area (Å²) in [6.07, 6.45) is 4.59. The van der Waals surface area contributed by atoms with Crippen molar-refractivity contribution in [2.75, 3.05) is 0 Å². The molecule has 98 valence electrons. The smallest absolute Gasteiger partial charge is 0.358 e. The molecule has 1 saturated carbocycles. The molecule has 0 bridgehead atoms. The highest BCUT2D eigenvalue weighted by molar-refractivity contribution is 5.76. The molecule has 1 aromatic rings. The van der Waals surface area contributed by atoms with E-state index >= 15 is 0 Å². The number of rotatable bonds is 4. The maximum Gasteiger partial charge on any atom is 0.389 e. The first-order chi connectivity index (χ1) is 8.54. The summed E-state index contributed by atoms with van der Waals surface area (Å²) in [5, 5.41) is 17.1. The molecule has 7 nitrogen and oxygen atoms in total. The SMILES string of the molecule is CC1CCC(NC(=O)Cn2ccc([N+](=O)[O-])n2)C1. The lowest BCUT2D eigenvalue weighted by atomic mass is 10.1. The lowest BCUT2D eigenvalue weighted by Gasteiger charge is -2.11. The van der Waals surface area contributed by atoms with E-state index in [2.05, 4.69) is 17.3 Å². The lowest BCUT2D eigenvalue weighted by Crippen LogP contribution is -2.35. The summed E-state index contributed by atoms with van der Waals surface area (Å²) in [5.41, 5.74) is 0. The van der Waals surface area contributed by atoms with Crippen LogP contribution in [-0.2, 0) is 11.3 Å². The fourth-order valence-corrected chi connectivity index (χ4v) is 2.30. The molecule has 1 aromatic heterocycles. The molecule has 0 spiro atoms. The molecular weight excluding hydrogens is 236 g/mol. The first kappa shape index (κ1) is 12.5. The topological polar surface area (TPSA) is 90.1 Å². The first-order valence-electron chi connectivity index (χ1n) is 6.02. The van der Waals surface area contributed by atoms with Crippen LogP contribution in [0.15, 0.2) is 12.3 Å². The minimum atomic E-state index is -0.576. The molecule has 7 heteroatoms. The summed E-state index contributed by atoms with van der Waals surface area (Å²) in [5.74, 6) is 0.269. The van der Waals surface area contributed by atoms with Gasteiger partial charge in [0.05, 0.1) is 17.4 Å². The van der Waals surface area contributed by atoms with Gasteiger partial charge in [-0.3, -0.25) is 4.79 Å². The van der Waals surface area contributed by atoms with E-state index < -0.39 is 4.92 Å². The average Bonchev–Trinajstić information content (AvgIpc) is 2.88. The number of aromatic nitrogens is 2. The van der Waals surface area contributed by atoms with Crippen LogP contribution in [0.4, 0.5) is 5.82 Å². The van der Waals surface area contributed by atoms with E-state index in [0.29, 0.717) is 5.92 Å². The van der Waals surface area contributed by atoms with Crippen molar-refractivity contribution in [3.8, 4) is 0 Å². The number of nitrogens with zero attached hydrogens (tertiary/aromatic N) is 3. The van der Waals surface area contributed by atoms with Crippen LogP contribution in [0.5, 0.6) is 0 Å². The Hall–Kier alpha value is -1.92. The quantitative estimate of drug-likeness (QED) is 0.641. The van der Waals surface area contributed by atoms with Gasteiger partial charge in [0.15, 0.2) is 0 Å². The number of carbonyl (C=O) groups excluding carboxylic acids is 1. The van der Waals surface area contributed by atoms with Crippen LogP contribution in [0, 0.1) is 16.0 Å². The van der Waals surface area contributed by atoms with Gasteiger partial charge in [0.2, 0.25) is 5.91 Å². The zero-order valence-corrected chi connectivity index (χ0v) is 10.2. The van der Waals surface area contributed by atoms with Crippen molar-refractivity contribution in [2.45, 2.75) is 38.8 Å². The summed E-state index contributed by atoms with van der Waals surface area (Å²) in [7, 11) is 0. The summed E-state index contributed by atoms with van der Waals surface area (Å²) < 4.78 is 1.28. The van der Waals surface area contributed by atoms with Crippen molar-refractivity contribution in [2.24, 2.45) is 5.92 Å². The minimum Gasteiger partial charge on any atom is -0.358 e. The molecule has 1 aliphatic carbocycles. The monoisotopic (exact) mass is 252 g/mol. The van der Waals surface area contributed by atoms with Gasteiger partial charge in [0, 0.05) is 6.04 Å². The van der Waals surface area contributed by atoms with Crippen LogP contribution < -0.4 is 5.32 Å². The Balaban J connectivity index is 1.85. The van der Waals surface area contributed by atoms with Gasteiger partial charge in [0.1, 0.15) is 6.54 Å². The zero-order chi connectivity index (χ0) is 13.1. The van der Waals surface area contributed by atoms with Crippen molar-refractivity contribution in [1.29, 1.82) is 0 Å². The van der Waals surface area contributed by atoms with Crippen LogP contribution in [0.2, 0.25) is 0 Å². The zero-order valence-electron chi connectivity index (χ0n) is 10.2. The molecule has 1 fully saturated rings. The second kappa shape index (κ2) is 5.16. The number of hydrogen-bond acceptors (Lipinski definition) is 4. The van der Waals surface area contributed by atoms with E-state index in [9.17, 15) is 14.9 Å². The molecule has 1 amide bonds. The Morgan fingerprint density at radius 1 is 1.67 bits per heavy atom.